The lowest BCUT2D eigenvalue weighted by Gasteiger charge is -2.23. The van der Waals surface area contributed by atoms with Gasteiger partial charge in [0.15, 0.2) is 5.84 Å². The number of hydrogen-bond donors (Lipinski definition) is 3. The van der Waals surface area contributed by atoms with Gasteiger partial charge in [0.2, 0.25) is 5.91 Å². The molecule has 1 rings (SSSR count). The molecule has 0 heterocycles. The summed E-state index contributed by atoms with van der Waals surface area (Å²) in [7, 11) is 0. The van der Waals surface area contributed by atoms with Crippen molar-refractivity contribution in [3.05, 3.63) is 0 Å². The summed E-state index contributed by atoms with van der Waals surface area (Å²) in [6.07, 6.45) is 4.52. The Bertz CT molecular complexity index is 311. The summed E-state index contributed by atoms with van der Waals surface area (Å²) in [4.78, 5) is 12.2. The number of nitrogens with zero attached hydrogens (tertiary/aromatic N) is 1. The molecule has 0 radical (unpaired) electrons. The maximum Gasteiger partial charge on any atom is 0.231 e. The smallest absolute Gasteiger partial charge is 0.231 e. The van der Waals surface area contributed by atoms with E-state index in [1.807, 2.05) is 13.8 Å². The number of amides is 1. The van der Waals surface area contributed by atoms with Crippen molar-refractivity contribution in [1.29, 1.82) is 0 Å². The van der Waals surface area contributed by atoms with Gasteiger partial charge in [-0.3, -0.25) is 4.79 Å². The summed E-state index contributed by atoms with van der Waals surface area (Å²) >= 11 is 0. The van der Waals surface area contributed by atoms with Gasteiger partial charge < -0.3 is 16.3 Å². The van der Waals surface area contributed by atoms with Crippen LogP contribution in [0.4, 0.5) is 0 Å². The molecule has 18 heavy (non-hydrogen) atoms. The van der Waals surface area contributed by atoms with E-state index in [9.17, 15) is 4.79 Å². The molecular weight excluding hydrogens is 230 g/mol. The quantitative estimate of drug-likeness (QED) is 0.280. The fourth-order valence-electron chi connectivity index (χ4n) is 2.22. The summed E-state index contributed by atoms with van der Waals surface area (Å²) in [5.74, 6) is 0.0933. The normalized spacial score (nSPS) is 19.7. The van der Waals surface area contributed by atoms with Gasteiger partial charge in [-0.1, -0.05) is 38.8 Å². The molecular formula is C13H25N3O2. The average molecular weight is 255 g/mol. The molecule has 4 N–H and O–H groups in total. The summed E-state index contributed by atoms with van der Waals surface area (Å²) in [6.45, 7) is 5.86. The molecule has 0 spiro atoms. The fraction of sp³-hybridized carbons (Fsp3) is 0.846. The van der Waals surface area contributed by atoms with Gasteiger partial charge >= 0.3 is 0 Å². The first-order valence-electron chi connectivity index (χ1n) is 6.77. The minimum atomic E-state index is -0.553. The molecule has 0 aliphatic heterocycles. The summed E-state index contributed by atoms with van der Waals surface area (Å²) < 4.78 is 0. The van der Waals surface area contributed by atoms with Crippen molar-refractivity contribution in [1.82, 2.24) is 5.32 Å². The largest absolute Gasteiger partial charge is 0.409 e. The highest BCUT2D eigenvalue weighted by Crippen LogP contribution is 2.34. The van der Waals surface area contributed by atoms with Crippen LogP contribution in [-0.4, -0.2) is 23.0 Å². The van der Waals surface area contributed by atoms with Crippen molar-refractivity contribution in [3.8, 4) is 0 Å². The maximum absolute atomic E-state index is 12.2. The lowest BCUT2D eigenvalue weighted by atomic mass is 9.93. The standard InChI is InChI=1S/C13H25N3O2/c1-4-10(7-9-5-6-9)15-13(17)11(8(2)3)12(14)16-18/h8-11,18H,4-7H2,1-3H3,(H2,14,16)(H,15,17). The van der Waals surface area contributed by atoms with Crippen molar-refractivity contribution < 1.29 is 10.0 Å². The Morgan fingerprint density at radius 2 is 2.11 bits per heavy atom. The summed E-state index contributed by atoms with van der Waals surface area (Å²) in [5, 5.41) is 14.7. The monoisotopic (exact) mass is 255 g/mol. The number of hydrogen-bond acceptors (Lipinski definition) is 3. The van der Waals surface area contributed by atoms with E-state index in [1.165, 1.54) is 12.8 Å². The molecule has 1 aliphatic carbocycles. The van der Waals surface area contributed by atoms with Gasteiger partial charge in [-0.15, -0.1) is 0 Å². The van der Waals surface area contributed by atoms with Gasteiger partial charge in [0.1, 0.15) is 5.92 Å². The lowest BCUT2D eigenvalue weighted by Crippen LogP contribution is -2.45. The Hall–Kier alpha value is -1.26. The number of nitrogens with two attached hydrogens (primary N) is 1. The Labute approximate surface area is 109 Å². The molecule has 2 unspecified atom stereocenters. The van der Waals surface area contributed by atoms with E-state index in [2.05, 4.69) is 17.4 Å². The number of nitrogens with one attached hydrogen (secondary N) is 1. The zero-order valence-corrected chi connectivity index (χ0v) is 11.5. The van der Waals surface area contributed by atoms with Crippen LogP contribution in [0.2, 0.25) is 0 Å². The van der Waals surface area contributed by atoms with E-state index >= 15 is 0 Å². The predicted octanol–water partition coefficient (Wildman–Crippen LogP) is 1.70. The number of carbonyl (C=O) groups excluding carboxylic acids is 1. The lowest BCUT2D eigenvalue weighted by molar-refractivity contribution is -0.124. The Balaban J connectivity index is 2.58. The zero-order valence-electron chi connectivity index (χ0n) is 11.5. The molecule has 5 heteroatoms. The van der Waals surface area contributed by atoms with Gasteiger partial charge in [-0.25, -0.2) is 0 Å². The van der Waals surface area contributed by atoms with E-state index in [0.717, 1.165) is 18.8 Å². The SMILES string of the molecule is CCC(CC1CC1)NC(=O)C(C(N)=NO)C(C)C. The molecule has 1 fully saturated rings. The first kappa shape index (κ1) is 14.8. The molecule has 0 aromatic heterocycles. The van der Waals surface area contributed by atoms with E-state index in [0.29, 0.717) is 0 Å². The third-order valence-corrected chi connectivity index (χ3v) is 3.54. The molecule has 2 atom stereocenters. The highest BCUT2D eigenvalue weighted by atomic mass is 16.4. The minimum absolute atomic E-state index is 0.0104. The number of rotatable bonds is 7. The van der Waals surface area contributed by atoms with Crippen LogP contribution in [-0.2, 0) is 4.79 Å². The van der Waals surface area contributed by atoms with Gasteiger partial charge in [-0.2, -0.15) is 0 Å². The summed E-state index contributed by atoms with van der Waals surface area (Å²) in [5.41, 5.74) is 5.59. The average Bonchev–Trinajstić information content (AvgIpc) is 3.11. The number of carbonyl (C=O) groups is 1. The highest BCUT2D eigenvalue weighted by Gasteiger charge is 2.30. The van der Waals surface area contributed by atoms with Crippen LogP contribution >= 0.6 is 0 Å². The summed E-state index contributed by atoms with van der Waals surface area (Å²) in [6, 6.07) is 0.206. The van der Waals surface area contributed by atoms with Crippen LogP contribution < -0.4 is 11.1 Å². The number of amidine groups is 1. The molecule has 1 amide bonds. The van der Waals surface area contributed by atoms with E-state index in [4.69, 9.17) is 10.9 Å². The first-order chi connectivity index (χ1) is 8.49. The van der Waals surface area contributed by atoms with Crippen LogP contribution in [0.25, 0.3) is 0 Å². The Morgan fingerprint density at radius 1 is 1.50 bits per heavy atom. The van der Waals surface area contributed by atoms with Crippen LogP contribution in [0.1, 0.15) is 46.5 Å². The molecule has 0 bridgehead atoms. The third-order valence-electron chi connectivity index (χ3n) is 3.54. The highest BCUT2D eigenvalue weighted by molar-refractivity contribution is 6.02. The maximum atomic E-state index is 12.2. The Kier molecular flexibility index (Phi) is 5.44. The predicted molar refractivity (Wildman–Crippen MR) is 71.3 cm³/mol. The molecule has 1 saturated carbocycles. The second-order valence-electron chi connectivity index (χ2n) is 5.54. The second-order valence-corrected chi connectivity index (χ2v) is 5.54. The first-order valence-corrected chi connectivity index (χ1v) is 6.77. The van der Waals surface area contributed by atoms with Crippen molar-refractivity contribution >= 4 is 11.7 Å². The third kappa shape index (κ3) is 4.20. The molecule has 0 saturated heterocycles. The van der Waals surface area contributed by atoms with E-state index in [1.54, 1.807) is 0 Å². The molecule has 0 aromatic carbocycles. The van der Waals surface area contributed by atoms with Gasteiger partial charge in [0.25, 0.3) is 0 Å². The molecule has 0 aromatic rings. The molecule has 5 nitrogen and oxygen atoms in total. The number of oxime groups is 1. The fourth-order valence-corrected chi connectivity index (χ4v) is 2.22. The second kappa shape index (κ2) is 6.61. The van der Waals surface area contributed by atoms with Crippen LogP contribution in [0, 0.1) is 17.8 Å². The van der Waals surface area contributed by atoms with Crippen molar-refractivity contribution in [3.63, 3.8) is 0 Å². The minimum Gasteiger partial charge on any atom is -0.409 e. The molecule has 1 aliphatic rings. The van der Waals surface area contributed by atoms with Gasteiger partial charge in [0, 0.05) is 6.04 Å². The zero-order chi connectivity index (χ0) is 13.7. The molecule has 104 valence electrons. The van der Waals surface area contributed by atoms with Gasteiger partial charge in [0.05, 0.1) is 0 Å². The van der Waals surface area contributed by atoms with Crippen LogP contribution in [0.15, 0.2) is 5.16 Å². The van der Waals surface area contributed by atoms with E-state index < -0.39 is 5.92 Å². The topological polar surface area (TPSA) is 87.7 Å². The van der Waals surface area contributed by atoms with Crippen LogP contribution in [0.5, 0.6) is 0 Å². The van der Waals surface area contributed by atoms with Crippen molar-refractivity contribution in [2.75, 3.05) is 0 Å². The van der Waals surface area contributed by atoms with Crippen molar-refractivity contribution in [2.24, 2.45) is 28.6 Å². The van der Waals surface area contributed by atoms with Crippen LogP contribution in [0.3, 0.4) is 0 Å². The van der Waals surface area contributed by atoms with Gasteiger partial charge in [-0.05, 0) is 24.7 Å². The Morgan fingerprint density at radius 3 is 2.50 bits per heavy atom. The van der Waals surface area contributed by atoms with E-state index in [-0.39, 0.29) is 23.7 Å². The van der Waals surface area contributed by atoms with Crippen molar-refractivity contribution in [2.45, 2.75) is 52.5 Å².